The van der Waals surface area contributed by atoms with Gasteiger partial charge in [-0.25, -0.2) is 0 Å². The lowest BCUT2D eigenvalue weighted by atomic mass is 9.97. The maximum atomic E-state index is 2.41. The zero-order chi connectivity index (χ0) is 11.0. The van der Waals surface area contributed by atoms with Crippen molar-refractivity contribution in [3.05, 3.63) is 42.1 Å². The van der Waals surface area contributed by atoms with Crippen LogP contribution in [0.5, 0.6) is 0 Å². The first kappa shape index (κ1) is 9.71. The Morgan fingerprint density at radius 1 is 1.12 bits per heavy atom. The Kier molecular flexibility index (Phi) is 2.32. The predicted molar refractivity (Wildman–Crippen MR) is 69.4 cm³/mol. The van der Waals surface area contributed by atoms with Crippen molar-refractivity contribution in [1.29, 1.82) is 0 Å². The van der Waals surface area contributed by atoms with Crippen molar-refractivity contribution >= 4 is 16.5 Å². The number of aromatic nitrogens is 1. The predicted octanol–water partition coefficient (Wildman–Crippen LogP) is 4.14. The van der Waals surface area contributed by atoms with Crippen molar-refractivity contribution in [2.24, 2.45) is 7.05 Å². The van der Waals surface area contributed by atoms with Crippen molar-refractivity contribution in [3.63, 3.8) is 0 Å². The summed E-state index contributed by atoms with van der Waals surface area (Å²) in [6.45, 7) is 0. The summed E-state index contributed by atoms with van der Waals surface area (Å²) in [7, 11) is 2.17. The standard InChI is InChI=1S/C15H17N/c1-16-14-10-6-5-9-13(14)11-15(16)12-7-3-2-4-8-12/h5-7,9-11H,2-4,8H2,1H3. The molecule has 1 heteroatoms. The van der Waals surface area contributed by atoms with E-state index < -0.39 is 0 Å². The van der Waals surface area contributed by atoms with E-state index in [1.807, 2.05) is 0 Å². The lowest BCUT2D eigenvalue weighted by Crippen LogP contribution is -1.98. The lowest BCUT2D eigenvalue weighted by molar-refractivity contribution is 0.735. The van der Waals surface area contributed by atoms with Gasteiger partial charge in [0, 0.05) is 23.6 Å². The SMILES string of the molecule is Cn1c(C2=CCCCC2)cc2ccccc21. The molecule has 1 heterocycles. The van der Waals surface area contributed by atoms with Crippen molar-refractivity contribution in [2.75, 3.05) is 0 Å². The normalized spacial score (nSPS) is 16.4. The molecule has 0 spiro atoms. The van der Waals surface area contributed by atoms with Gasteiger partial charge >= 0.3 is 0 Å². The molecule has 0 unspecified atom stereocenters. The minimum Gasteiger partial charge on any atom is -0.344 e. The molecule has 0 bridgehead atoms. The Balaban J connectivity index is 2.16. The number of para-hydroxylation sites is 1. The fraction of sp³-hybridized carbons (Fsp3) is 0.333. The smallest absolute Gasteiger partial charge is 0.0482 e. The molecule has 1 nitrogen and oxygen atoms in total. The second-order valence-corrected chi connectivity index (χ2v) is 4.62. The quantitative estimate of drug-likeness (QED) is 0.668. The lowest BCUT2D eigenvalue weighted by Gasteiger charge is -2.13. The highest BCUT2D eigenvalue weighted by Gasteiger charge is 2.11. The van der Waals surface area contributed by atoms with Gasteiger partial charge in [0.25, 0.3) is 0 Å². The number of hydrogen-bond acceptors (Lipinski definition) is 0. The van der Waals surface area contributed by atoms with Crippen LogP contribution in [0.4, 0.5) is 0 Å². The van der Waals surface area contributed by atoms with Gasteiger partial charge in [-0.15, -0.1) is 0 Å². The summed E-state index contributed by atoms with van der Waals surface area (Å²) in [6.07, 6.45) is 7.60. The van der Waals surface area contributed by atoms with Gasteiger partial charge in [-0.05, 0) is 43.4 Å². The molecule has 0 saturated heterocycles. The molecule has 0 atom stereocenters. The van der Waals surface area contributed by atoms with Crippen LogP contribution in [0.3, 0.4) is 0 Å². The molecule has 1 aromatic heterocycles. The average molecular weight is 211 g/mol. The van der Waals surface area contributed by atoms with Gasteiger partial charge in [-0.2, -0.15) is 0 Å². The Labute approximate surface area is 96.4 Å². The number of rotatable bonds is 1. The highest BCUT2D eigenvalue weighted by molar-refractivity contribution is 5.85. The first-order chi connectivity index (χ1) is 7.86. The Bertz CT molecular complexity index is 546. The van der Waals surface area contributed by atoms with Gasteiger partial charge in [-0.3, -0.25) is 0 Å². The second-order valence-electron chi connectivity index (χ2n) is 4.62. The van der Waals surface area contributed by atoms with Crippen LogP contribution in [-0.2, 0) is 7.05 Å². The molecule has 82 valence electrons. The fourth-order valence-electron chi connectivity index (χ4n) is 2.67. The van der Waals surface area contributed by atoms with Crippen LogP contribution in [-0.4, -0.2) is 4.57 Å². The topological polar surface area (TPSA) is 4.93 Å². The number of hydrogen-bond donors (Lipinski definition) is 0. The van der Waals surface area contributed by atoms with E-state index in [4.69, 9.17) is 0 Å². The van der Waals surface area contributed by atoms with Crippen LogP contribution in [0.2, 0.25) is 0 Å². The van der Waals surface area contributed by atoms with E-state index in [0.29, 0.717) is 0 Å². The molecular formula is C15H17N. The summed E-state index contributed by atoms with van der Waals surface area (Å²) in [5.41, 5.74) is 4.27. The van der Waals surface area contributed by atoms with Crippen LogP contribution in [0, 0.1) is 0 Å². The molecule has 0 amide bonds. The summed E-state index contributed by atoms with van der Waals surface area (Å²) in [5, 5.41) is 1.35. The molecular weight excluding hydrogens is 194 g/mol. The van der Waals surface area contributed by atoms with Gasteiger partial charge in [0.2, 0.25) is 0 Å². The van der Waals surface area contributed by atoms with Crippen molar-refractivity contribution in [2.45, 2.75) is 25.7 Å². The molecule has 2 aromatic rings. The van der Waals surface area contributed by atoms with Crippen molar-refractivity contribution in [3.8, 4) is 0 Å². The van der Waals surface area contributed by atoms with Gasteiger partial charge < -0.3 is 4.57 Å². The first-order valence-corrected chi connectivity index (χ1v) is 6.10. The third kappa shape index (κ3) is 1.47. The molecule has 0 fully saturated rings. The molecule has 1 aliphatic carbocycles. The van der Waals surface area contributed by atoms with E-state index in [1.165, 1.54) is 47.9 Å². The summed E-state index contributed by atoms with van der Waals surface area (Å²) in [5.74, 6) is 0. The van der Waals surface area contributed by atoms with Crippen molar-refractivity contribution in [1.82, 2.24) is 4.57 Å². The monoisotopic (exact) mass is 211 g/mol. The largest absolute Gasteiger partial charge is 0.344 e. The zero-order valence-electron chi connectivity index (χ0n) is 9.74. The molecule has 1 aromatic carbocycles. The molecule has 1 aliphatic rings. The van der Waals surface area contributed by atoms with E-state index in [1.54, 1.807) is 0 Å². The number of benzene rings is 1. The number of aryl methyl sites for hydroxylation is 1. The van der Waals surface area contributed by atoms with Crippen LogP contribution >= 0.6 is 0 Å². The molecule has 16 heavy (non-hydrogen) atoms. The molecule has 0 saturated carbocycles. The minimum atomic E-state index is 1.24. The second kappa shape index (κ2) is 3.82. The third-order valence-corrected chi connectivity index (χ3v) is 3.57. The average Bonchev–Trinajstić information content (AvgIpc) is 2.69. The van der Waals surface area contributed by atoms with Gasteiger partial charge in [0.1, 0.15) is 0 Å². The molecule has 0 N–H and O–H groups in total. The molecule has 3 rings (SSSR count). The van der Waals surface area contributed by atoms with E-state index in [0.717, 1.165) is 0 Å². The highest BCUT2D eigenvalue weighted by atomic mass is 14.9. The van der Waals surface area contributed by atoms with E-state index in [-0.39, 0.29) is 0 Å². The maximum Gasteiger partial charge on any atom is 0.0482 e. The van der Waals surface area contributed by atoms with Crippen LogP contribution in [0.15, 0.2) is 36.4 Å². The summed E-state index contributed by atoms with van der Waals surface area (Å²) < 4.78 is 2.33. The molecule has 0 radical (unpaired) electrons. The molecule has 0 aliphatic heterocycles. The van der Waals surface area contributed by atoms with E-state index >= 15 is 0 Å². The maximum absolute atomic E-state index is 2.41. The van der Waals surface area contributed by atoms with Crippen molar-refractivity contribution < 1.29 is 0 Å². The Hall–Kier alpha value is -1.50. The summed E-state index contributed by atoms with van der Waals surface area (Å²) in [4.78, 5) is 0. The van der Waals surface area contributed by atoms with E-state index in [9.17, 15) is 0 Å². The van der Waals surface area contributed by atoms with Crippen LogP contribution in [0.25, 0.3) is 16.5 Å². The zero-order valence-corrected chi connectivity index (χ0v) is 9.74. The first-order valence-electron chi connectivity index (χ1n) is 6.10. The van der Waals surface area contributed by atoms with Crippen LogP contribution in [0.1, 0.15) is 31.4 Å². The fourth-order valence-corrected chi connectivity index (χ4v) is 2.67. The third-order valence-electron chi connectivity index (χ3n) is 3.57. The minimum absolute atomic E-state index is 1.24. The highest BCUT2D eigenvalue weighted by Crippen LogP contribution is 2.30. The van der Waals surface area contributed by atoms with Gasteiger partial charge in [0.15, 0.2) is 0 Å². The Morgan fingerprint density at radius 2 is 2.00 bits per heavy atom. The summed E-state index contributed by atoms with van der Waals surface area (Å²) >= 11 is 0. The van der Waals surface area contributed by atoms with Gasteiger partial charge in [-0.1, -0.05) is 24.3 Å². The van der Waals surface area contributed by atoms with E-state index in [2.05, 4.69) is 48.0 Å². The number of fused-ring (bicyclic) bond motifs is 1. The number of nitrogens with zero attached hydrogens (tertiary/aromatic N) is 1. The summed E-state index contributed by atoms with van der Waals surface area (Å²) in [6, 6.07) is 10.9. The number of allylic oxidation sites excluding steroid dienone is 2. The van der Waals surface area contributed by atoms with Crippen LogP contribution < -0.4 is 0 Å². The Morgan fingerprint density at radius 3 is 2.75 bits per heavy atom. The van der Waals surface area contributed by atoms with Gasteiger partial charge in [0.05, 0.1) is 0 Å².